The summed E-state index contributed by atoms with van der Waals surface area (Å²) in [6.07, 6.45) is 6.41. The Bertz CT molecular complexity index is 230. The van der Waals surface area contributed by atoms with E-state index in [1.165, 1.54) is 25.5 Å². The number of rotatable bonds is 3. The van der Waals surface area contributed by atoms with Gasteiger partial charge in [0, 0.05) is 6.42 Å². The summed E-state index contributed by atoms with van der Waals surface area (Å²) in [5.41, 5.74) is 1.49. The van der Waals surface area contributed by atoms with E-state index in [-0.39, 0.29) is 5.97 Å². The van der Waals surface area contributed by atoms with Crippen LogP contribution in [0.1, 0.15) is 39.5 Å². The van der Waals surface area contributed by atoms with Gasteiger partial charge < -0.3 is 4.74 Å². The summed E-state index contributed by atoms with van der Waals surface area (Å²) >= 11 is 0. The average molecular weight is 196 g/mol. The summed E-state index contributed by atoms with van der Waals surface area (Å²) in [5, 5.41) is 0. The summed E-state index contributed by atoms with van der Waals surface area (Å²) in [7, 11) is 1.46. The van der Waals surface area contributed by atoms with Gasteiger partial charge in [-0.3, -0.25) is 4.79 Å². The first kappa shape index (κ1) is 11.3. The number of ether oxygens (including phenoxy) is 1. The van der Waals surface area contributed by atoms with Gasteiger partial charge in [-0.15, -0.1) is 0 Å². The molecule has 2 nitrogen and oxygen atoms in total. The molecule has 0 aromatic carbocycles. The number of hydrogen-bond donors (Lipinski definition) is 0. The van der Waals surface area contributed by atoms with Gasteiger partial charge in [-0.1, -0.05) is 18.6 Å². The number of hydrogen-bond acceptors (Lipinski definition) is 2. The molecule has 0 spiro atoms. The molecule has 1 aliphatic rings. The lowest BCUT2D eigenvalue weighted by Gasteiger charge is -2.25. The molecule has 14 heavy (non-hydrogen) atoms. The fourth-order valence-corrected chi connectivity index (χ4v) is 2.02. The van der Waals surface area contributed by atoms with Gasteiger partial charge in [0.1, 0.15) is 0 Å². The standard InChI is InChI=1S/C12H20O2/c1-9-4-6-11(7-5-9)10(2)8-12(13)14-3/h4,10-11H,5-8H2,1-3H3. The molecule has 2 unspecified atom stereocenters. The van der Waals surface area contributed by atoms with E-state index in [2.05, 4.69) is 24.7 Å². The number of methoxy groups -OCH3 is 1. The normalized spacial score (nSPS) is 23.9. The Morgan fingerprint density at radius 1 is 1.71 bits per heavy atom. The highest BCUT2D eigenvalue weighted by Gasteiger charge is 2.21. The SMILES string of the molecule is COC(=O)CC(C)C1CC=C(C)CC1. The van der Waals surface area contributed by atoms with Crippen molar-refractivity contribution in [1.82, 2.24) is 0 Å². The molecular weight excluding hydrogens is 176 g/mol. The van der Waals surface area contributed by atoms with Gasteiger partial charge in [0.25, 0.3) is 0 Å². The molecular formula is C12H20O2. The molecule has 0 N–H and O–H groups in total. The number of esters is 1. The van der Waals surface area contributed by atoms with Crippen LogP contribution in [0.3, 0.4) is 0 Å². The molecule has 2 heteroatoms. The first-order valence-electron chi connectivity index (χ1n) is 5.36. The predicted molar refractivity (Wildman–Crippen MR) is 56.9 cm³/mol. The maximum absolute atomic E-state index is 11.1. The van der Waals surface area contributed by atoms with E-state index in [1.54, 1.807) is 0 Å². The predicted octanol–water partition coefficient (Wildman–Crippen LogP) is 2.93. The van der Waals surface area contributed by atoms with Crippen molar-refractivity contribution in [2.24, 2.45) is 11.8 Å². The zero-order valence-electron chi connectivity index (χ0n) is 9.38. The average Bonchev–Trinajstić information content (AvgIpc) is 2.18. The molecule has 0 aromatic heterocycles. The van der Waals surface area contributed by atoms with Crippen molar-refractivity contribution in [3.05, 3.63) is 11.6 Å². The van der Waals surface area contributed by atoms with Crippen LogP contribution in [0.15, 0.2) is 11.6 Å². The third kappa shape index (κ3) is 3.17. The third-order valence-electron chi connectivity index (χ3n) is 3.20. The van der Waals surface area contributed by atoms with Crippen LogP contribution in [0.25, 0.3) is 0 Å². The van der Waals surface area contributed by atoms with Crippen molar-refractivity contribution < 1.29 is 9.53 Å². The lowest BCUT2D eigenvalue weighted by molar-refractivity contribution is -0.142. The maximum atomic E-state index is 11.1. The molecule has 1 rings (SSSR count). The molecule has 2 atom stereocenters. The minimum atomic E-state index is -0.0798. The summed E-state index contributed by atoms with van der Waals surface area (Å²) in [5.74, 6) is 1.04. The summed E-state index contributed by atoms with van der Waals surface area (Å²) in [6.45, 7) is 4.33. The number of carbonyl (C=O) groups excluding carboxylic acids is 1. The second kappa shape index (κ2) is 5.18. The van der Waals surface area contributed by atoms with E-state index in [0.717, 1.165) is 6.42 Å². The highest BCUT2D eigenvalue weighted by Crippen LogP contribution is 2.30. The van der Waals surface area contributed by atoms with Crippen molar-refractivity contribution in [1.29, 1.82) is 0 Å². The quantitative estimate of drug-likeness (QED) is 0.512. The Morgan fingerprint density at radius 2 is 2.43 bits per heavy atom. The van der Waals surface area contributed by atoms with Gasteiger partial charge >= 0.3 is 5.97 Å². The van der Waals surface area contributed by atoms with Crippen LogP contribution in [0.4, 0.5) is 0 Å². The van der Waals surface area contributed by atoms with E-state index in [1.807, 2.05) is 0 Å². The zero-order valence-corrected chi connectivity index (χ0v) is 9.38. The van der Waals surface area contributed by atoms with Crippen molar-refractivity contribution in [3.8, 4) is 0 Å². The van der Waals surface area contributed by atoms with Crippen LogP contribution in [-0.4, -0.2) is 13.1 Å². The van der Waals surface area contributed by atoms with Crippen LogP contribution in [0.2, 0.25) is 0 Å². The van der Waals surface area contributed by atoms with Gasteiger partial charge in [0.05, 0.1) is 7.11 Å². The zero-order chi connectivity index (χ0) is 10.6. The summed E-state index contributed by atoms with van der Waals surface area (Å²) < 4.78 is 4.68. The molecule has 0 amide bonds. The lowest BCUT2D eigenvalue weighted by Crippen LogP contribution is -2.18. The molecule has 0 saturated carbocycles. The third-order valence-corrected chi connectivity index (χ3v) is 3.20. The smallest absolute Gasteiger partial charge is 0.305 e. The molecule has 0 fully saturated rings. The largest absolute Gasteiger partial charge is 0.469 e. The second-order valence-corrected chi connectivity index (χ2v) is 4.34. The van der Waals surface area contributed by atoms with Crippen LogP contribution < -0.4 is 0 Å². The van der Waals surface area contributed by atoms with Crippen LogP contribution >= 0.6 is 0 Å². The first-order valence-corrected chi connectivity index (χ1v) is 5.36. The monoisotopic (exact) mass is 196 g/mol. The van der Waals surface area contributed by atoms with Crippen molar-refractivity contribution in [3.63, 3.8) is 0 Å². The topological polar surface area (TPSA) is 26.3 Å². The van der Waals surface area contributed by atoms with Gasteiger partial charge in [0.2, 0.25) is 0 Å². The number of allylic oxidation sites excluding steroid dienone is 2. The highest BCUT2D eigenvalue weighted by molar-refractivity contribution is 5.69. The van der Waals surface area contributed by atoms with Crippen LogP contribution in [0, 0.1) is 11.8 Å². The highest BCUT2D eigenvalue weighted by atomic mass is 16.5. The molecule has 0 aliphatic heterocycles. The van der Waals surface area contributed by atoms with Gasteiger partial charge in [-0.05, 0) is 38.0 Å². The summed E-state index contributed by atoms with van der Waals surface area (Å²) in [4.78, 5) is 11.1. The van der Waals surface area contributed by atoms with E-state index in [9.17, 15) is 4.79 Å². The van der Waals surface area contributed by atoms with Crippen LogP contribution in [0.5, 0.6) is 0 Å². The fraction of sp³-hybridized carbons (Fsp3) is 0.750. The minimum absolute atomic E-state index is 0.0798. The van der Waals surface area contributed by atoms with Gasteiger partial charge in [0.15, 0.2) is 0 Å². The lowest BCUT2D eigenvalue weighted by atomic mass is 9.80. The van der Waals surface area contributed by atoms with Gasteiger partial charge in [-0.2, -0.15) is 0 Å². The van der Waals surface area contributed by atoms with Crippen LogP contribution in [-0.2, 0) is 9.53 Å². The molecule has 1 aliphatic carbocycles. The van der Waals surface area contributed by atoms with E-state index < -0.39 is 0 Å². The Kier molecular flexibility index (Phi) is 4.18. The molecule has 0 bridgehead atoms. The second-order valence-electron chi connectivity index (χ2n) is 4.34. The molecule has 0 aromatic rings. The van der Waals surface area contributed by atoms with E-state index >= 15 is 0 Å². The minimum Gasteiger partial charge on any atom is -0.469 e. The molecule has 0 radical (unpaired) electrons. The first-order chi connectivity index (χ1) is 6.63. The maximum Gasteiger partial charge on any atom is 0.305 e. The fourth-order valence-electron chi connectivity index (χ4n) is 2.02. The van der Waals surface area contributed by atoms with Crippen molar-refractivity contribution in [2.45, 2.75) is 39.5 Å². The van der Waals surface area contributed by atoms with E-state index in [0.29, 0.717) is 18.3 Å². The van der Waals surface area contributed by atoms with Gasteiger partial charge in [-0.25, -0.2) is 0 Å². The molecule has 0 saturated heterocycles. The Morgan fingerprint density at radius 3 is 2.93 bits per heavy atom. The molecule has 80 valence electrons. The number of carbonyl (C=O) groups is 1. The Hall–Kier alpha value is -0.790. The van der Waals surface area contributed by atoms with Crippen molar-refractivity contribution >= 4 is 5.97 Å². The summed E-state index contributed by atoms with van der Waals surface area (Å²) in [6, 6.07) is 0. The molecule has 0 heterocycles. The van der Waals surface area contributed by atoms with Crippen molar-refractivity contribution in [2.75, 3.05) is 7.11 Å². The Balaban J connectivity index is 2.38. The van der Waals surface area contributed by atoms with E-state index in [4.69, 9.17) is 0 Å². The Labute approximate surface area is 86.3 Å².